The molecule has 1 heterocycles. The monoisotopic (exact) mass is 296 g/mol. The van der Waals surface area contributed by atoms with Crippen LogP contribution in [0.2, 0.25) is 0 Å². The van der Waals surface area contributed by atoms with E-state index in [9.17, 15) is 13.2 Å². The fourth-order valence-corrected chi connectivity index (χ4v) is 4.14. The molecule has 0 aromatic heterocycles. The lowest BCUT2D eigenvalue weighted by Crippen LogP contribution is -2.52. The van der Waals surface area contributed by atoms with E-state index in [2.05, 4.69) is 5.32 Å². The Kier molecular flexibility index (Phi) is 4.45. The van der Waals surface area contributed by atoms with Gasteiger partial charge in [-0.3, -0.25) is 4.79 Å². The van der Waals surface area contributed by atoms with E-state index in [4.69, 9.17) is 0 Å². The molecule has 110 valence electrons. The smallest absolute Gasteiger partial charge is 0.243 e. The van der Waals surface area contributed by atoms with Crippen molar-refractivity contribution >= 4 is 15.9 Å². The van der Waals surface area contributed by atoms with Crippen molar-refractivity contribution in [2.75, 3.05) is 18.8 Å². The normalized spacial score (nSPS) is 20.7. The molecule has 0 aliphatic carbocycles. The van der Waals surface area contributed by atoms with Crippen molar-refractivity contribution in [3.05, 3.63) is 35.4 Å². The molecule has 0 bridgehead atoms. The van der Waals surface area contributed by atoms with E-state index >= 15 is 0 Å². The lowest BCUT2D eigenvalue weighted by molar-refractivity contribution is -0.126. The van der Waals surface area contributed by atoms with E-state index in [0.717, 1.165) is 11.1 Å². The first-order valence-electron chi connectivity index (χ1n) is 6.79. The average Bonchev–Trinajstić information content (AvgIpc) is 2.38. The van der Waals surface area contributed by atoms with Gasteiger partial charge in [-0.15, -0.1) is 0 Å². The Morgan fingerprint density at radius 3 is 2.80 bits per heavy atom. The number of hydrogen-bond donors (Lipinski definition) is 1. The average molecular weight is 296 g/mol. The summed E-state index contributed by atoms with van der Waals surface area (Å²) in [6.07, 6.45) is 0.543. The molecule has 20 heavy (non-hydrogen) atoms. The van der Waals surface area contributed by atoms with Crippen LogP contribution >= 0.6 is 0 Å². The number of carbonyl (C=O) groups excluding carboxylic acids is 1. The molecular formula is C14H20N2O3S. The quantitative estimate of drug-likeness (QED) is 0.908. The molecule has 1 fully saturated rings. The summed E-state index contributed by atoms with van der Waals surface area (Å²) in [7, 11) is -3.40. The number of hydrogen-bond acceptors (Lipinski definition) is 3. The fourth-order valence-electron chi connectivity index (χ4n) is 2.48. The molecule has 1 atom stereocenters. The number of carbonyl (C=O) groups is 1. The zero-order valence-electron chi connectivity index (χ0n) is 11.8. The summed E-state index contributed by atoms with van der Waals surface area (Å²) in [5.41, 5.74) is 1.73. The molecule has 1 unspecified atom stereocenters. The zero-order chi connectivity index (χ0) is 14.8. The Morgan fingerprint density at radius 1 is 1.40 bits per heavy atom. The van der Waals surface area contributed by atoms with Crippen LogP contribution in [0.3, 0.4) is 0 Å². The highest BCUT2D eigenvalue weighted by atomic mass is 32.2. The maximum absolute atomic E-state index is 12.3. The van der Waals surface area contributed by atoms with Gasteiger partial charge in [-0.05, 0) is 18.9 Å². The van der Waals surface area contributed by atoms with Crippen molar-refractivity contribution in [2.24, 2.45) is 0 Å². The fraction of sp³-hybridized carbons (Fsp3) is 0.500. The summed E-state index contributed by atoms with van der Waals surface area (Å²) in [6, 6.07) is 6.69. The van der Waals surface area contributed by atoms with Crippen LogP contribution < -0.4 is 5.32 Å². The Morgan fingerprint density at radius 2 is 2.15 bits per heavy atom. The molecule has 1 aliphatic heterocycles. The molecule has 0 saturated carbocycles. The van der Waals surface area contributed by atoms with Gasteiger partial charge in [-0.2, -0.15) is 4.31 Å². The van der Waals surface area contributed by atoms with Crippen LogP contribution in [-0.2, 0) is 14.8 Å². The number of nitrogens with zero attached hydrogens (tertiary/aromatic N) is 1. The molecule has 1 aromatic rings. The minimum Gasteiger partial charge on any atom is -0.353 e. The summed E-state index contributed by atoms with van der Waals surface area (Å²) in [5.74, 6) is -0.177. The van der Waals surface area contributed by atoms with E-state index < -0.39 is 16.1 Å². The molecule has 0 radical (unpaired) electrons. The summed E-state index contributed by atoms with van der Waals surface area (Å²) < 4.78 is 26.0. The van der Waals surface area contributed by atoms with Crippen LogP contribution in [0.25, 0.3) is 0 Å². The van der Waals surface area contributed by atoms with Crippen LogP contribution in [0.5, 0.6) is 0 Å². The second-order valence-corrected chi connectivity index (χ2v) is 7.08. The lowest BCUT2D eigenvalue weighted by atomic mass is 10.0. The van der Waals surface area contributed by atoms with Crippen molar-refractivity contribution in [3.8, 4) is 0 Å². The third-order valence-electron chi connectivity index (χ3n) is 3.34. The number of sulfonamides is 1. The van der Waals surface area contributed by atoms with Gasteiger partial charge in [0.1, 0.15) is 6.04 Å². The molecular weight excluding hydrogens is 276 g/mol. The highest BCUT2D eigenvalue weighted by Gasteiger charge is 2.38. The van der Waals surface area contributed by atoms with E-state index in [0.29, 0.717) is 19.5 Å². The van der Waals surface area contributed by atoms with Crippen LogP contribution in [0.4, 0.5) is 0 Å². The van der Waals surface area contributed by atoms with Gasteiger partial charge in [0.2, 0.25) is 15.9 Å². The van der Waals surface area contributed by atoms with Crippen molar-refractivity contribution < 1.29 is 13.2 Å². The van der Waals surface area contributed by atoms with Gasteiger partial charge in [0.25, 0.3) is 0 Å². The third kappa shape index (κ3) is 3.02. The molecule has 0 spiro atoms. The minimum absolute atomic E-state index is 0.0720. The molecule has 1 aromatic carbocycles. The molecule has 6 heteroatoms. The van der Waals surface area contributed by atoms with Gasteiger partial charge >= 0.3 is 0 Å². The van der Waals surface area contributed by atoms with E-state index in [1.54, 1.807) is 6.07 Å². The molecule has 1 aliphatic rings. The maximum atomic E-state index is 12.3. The number of benzene rings is 1. The molecule has 5 nitrogen and oxygen atoms in total. The van der Waals surface area contributed by atoms with Crippen LogP contribution in [0.1, 0.15) is 30.5 Å². The Labute approximate surface area is 120 Å². The molecule has 1 amide bonds. The predicted molar refractivity (Wildman–Crippen MR) is 77.7 cm³/mol. The van der Waals surface area contributed by atoms with Gasteiger partial charge in [0, 0.05) is 13.1 Å². The topological polar surface area (TPSA) is 66.5 Å². The van der Waals surface area contributed by atoms with Crippen LogP contribution in [0.15, 0.2) is 24.3 Å². The SMILES string of the molecule is CCCS(=O)(=O)N1CCNC(=O)C1c1cccc(C)c1. The van der Waals surface area contributed by atoms with Crippen LogP contribution in [-0.4, -0.2) is 37.5 Å². The summed E-state index contributed by atoms with van der Waals surface area (Å²) in [5, 5.41) is 2.75. The first-order valence-corrected chi connectivity index (χ1v) is 8.40. The minimum atomic E-state index is -3.40. The summed E-state index contributed by atoms with van der Waals surface area (Å²) in [4.78, 5) is 12.2. The van der Waals surface area contributed by atoms with Gasteiger partial charge in [-0.1, -0.05) is 36.8 Å². The third-order valence-corrected chi connectivity index (χ3v) is 5.38. The number of nitrogens with one attached hydrogen (secondary N) is 1. The Balaban J connectivity index is 2.42. The van der Waals surface area contributed by atoms with Crippen molar-refractivity contribution in [1.82, 2.24) is 9.62 Å². The number of piperazine rings is 1. The van der Waals surface area contributed by atoms with Gasteiger partial charge in [0.05, 0.1) is 5.75 Å². The summed E-state index contributed by atoms with van der Waals surface area (Å²) in [6.45, 7) is 4.44. The van der Waals surface area contributed by atoms with Crippen molar-refractivity contribution in [1.29, 1.82) is 0 Å². The second-order valence-electron chi connectivity index (χ2n) is 5.03. The standard InChI is InChI=1S/C14H20N2O3S/c1-3-9-20(18,19)16-8-7-15-14(17)13(16)12-6-4-5-11(2)10-12/h4-6,10,13H,3,7-9H2,1-2H3,(H,15,17). The Bertz CT molecular complexity index is 598. The molecule has 1 saturated heterocycles. The predicted octanol–water partition coefficient (Wildman–Crippen LogP) is 1.21. The second kappa shape index (κ2) is 5.93. The molecule has 2 rings (SSSR count). The lowest BCUT2D eigenvalue weighted by Gasteiger charge is -2.34. The number of aryl methyl sites for hydroxylation is 1. The zero-order valence-corrected chi connectivity index (χ0v) is 12.6. The van der Waals surface area contributed by atoms with Crippen molar-refractivity contribution in [3.63, 3.8) is 0 Å². The van der Waals surface area contributed by atoms with Gasteiger partial charge < -0.3 is 5.32 Å². The van der Waals surface area contributed by atoms with E-state index in [-0.39, 0.29) is 11.7 Å². The largest absolute Gasteiger partial charge is 0.353 e. The number of rotatable bonds is 4. The maximum Gasteiger partial charge on any atom is 0.243 e. The highest BCUT2D eigenvalue weighted by Crippen LogP contribution is 2.27. The van der Waals surface area contributed by atoms with Crippen LogP contribution in [0, 0.1) is 6.92 Å². The van der Waals surface area contributed by atoms with Gasteiger partial charge in [0.15, 0.2) is 0 Å². The van der Waals surface area contributed by atoms with Crippen molar-refractivity contribution in [2.45, 2.75) is 26.3 Å². The van der Waals surface area contributed by atoms with E-state index in [1.165, 1.54) is 4.31 Å². The molecule has 1 N–H and O–H groups in total. The summed E-state index contributed by atoms with van der Waals surface area (Å²) >= 11 is 0. The first-order chi connectivity index (χ1) is 9.45. The Hall–Kier alpha value is -1.40. The first kappa shape index (κ1) is 15.0. The van der Waals surface area contributed by atoms with Gasteiger partial charge in [-0.25, -0.2) is 8.42 Å². The highest BCUT2D eigenvalue weighted by molar-refractivity contribution is 7.89. The van der Waals surface area contributed by atoms with E-state index in [1.807, 2.05) is 32.0 Å². The number of amides is 1.